The maximum atomic E-state index is 12.2. The lowest BCUT2D eigenvalue weighted by Crippen LogP contribution is -2.09. The fraction of sp³-hybridized carbons (Fsp3) is 0.222. The number of carbonyl (C=O) groups is 2. The molecule has 2 heterocycles. The number of nitrogens with zero attached hydrogens (tertiary/aromatic N) is 1. The van der Waals surface area contributed by atoms with Gasteiger partial charge in [-0.15, -0.1) is 11.3 Å². The van der Waals surface area contributed by atoms with Crippen molar-refractivity contribution in [2.75, 3.05) is 0 Å². The Morgan fingerprint density at radius 3 is 2.33 bits per heavy atom. The first-order valence-corrected chi connectivity index (χ1v) is 9.88. The Labute approximate surface area is 163 Å². The van der Waals surface area contributed by atoms with Gasteiger partial charge in [0.05, 0.1) is 10.9 Å². The van der Waals surface area contributed by atoms with Crippen molar-refractivity contribution in [1.29, 1.82) is 0 Å². The van der Waals surface area contributed by atoms with E-state index in [2.05, 4.69) is 9.97 Å². The van der Waals surface area contributed by atoms with Crippen molar-refractivity contribution >= 4 is 45.3 Å². The molecule has 0 saturated carbocycles. The number of H-pyrrole nitrogens is 1. The topological polar surface area (TPSA) is 120 Å². The molecule has 3 rings (SSSR count). The highest BCUT2D eigenvalue weighted by atomic mass is 32.2. The predicted molar refractivity (Wildman–Crippen MR) is 106 cm³/mol. The molecule has 0 fully saturated rings. The zero-order valence-corrected chi connectivity index (χ0v) is 16.5. The molecule has 0 aliphatic heterocycles. The molecule has 3 N–H and O–H groups in total. The molecular weight excluding hydrogens is 388 g/mol. The maximum Gasteiger partial charge on any atom is 0.346 e. The average Bonchev–Trinajstić information content (AvgIpc) is 2.99. The van der Waals surface area contributed by atoms with Gasteiger partial charge >= 0.3 is 11.9 Å². The zero-order chi connectivity index (χ0) is 20.1. The molecule has 3 aromatic rings. The van der Waals surface area contributed by atoms with Gasteiger partial charge in [0.1, 0.15) is 9.71 Å². The summed E-state index contributed by atoms with van der Waals surface area (Å²) in [4.78, 5) is 41.7. The van der Waals surface area contributed by atoms with Gasteiger partial charge in [-0.05, 0) is 30.2 Å². The number of fused-ring (bicyclic) bond motifs is 1. The van der Waals surface area contributed by atoms with E-state index in [0.717, 1.165) is 16.9 Å². The first-order valence-electron chi connectivity index (χ1n) is 8.08. The van der Waals surface area contributed by atoms with Crippen molar-refractivity contribution in [1.82, 2.24) is 9.97 Å². The summed E-state index contributed by atoms with van der Waals surface area (Å²) < 4.78 is 0. The number of aryl methyl sites for hydroxylation is 1. The van der Waals surface area contributed by atoms with Crippen molar-refractivity contribution in [3.63, 3.8) is 0 Å². The van der Waals surface area contributed by atoms with E-state index in [0.29, 0.717) is 26.7 Å². The van der Waals surface area contributed by atoms with E-state index in [1.807, 2.05) is 13.8 Å². The lowest BCUT2D eigenvalue weighted by molar-refractivity contribution is 0.0688. The summed E-state index contributed by atoms with van der Waals surface area (Å²) in [6.07, 6.45) is 0. The summed E-state index contributed by atoms with van der Waals surface area (Å²) in [6, 6.07) is 6.43. The van der Waals surface area contributed by atoms with Gasteiger partial charge in [-0.1, -0.05) is 37.7 Å². The first-order chi connectivity index (χ1) is 12.9. The summed E-state index contributed by atoms with van der Waals surface area (Å²) >= 11 is 2.26. The zero-order valence-electron chi connectivity index (χ0n) is 14.9. The van der Waals surface area contributed by atoms with Crippen LogP contribution in [0.4, 0.5) is 0 Å². The number of carboxylic acids is 2. The highest BCUT2D eigenvalue weighted by Gasteiger charge is 2.18. The van der Waals surface area contributed by atoms with Gasteiger partial charge < -0.3 is 15.2 Å². The molecule has 0 radical (unpaired) electrons. The van der Waals surface area contributed by atoms with Gasteiger partial charge in [-0.3, -0.25) is 4.79 Å². The standard InChI is InChI=1S/C16H12N2O5S2.C2H6/c1-7-10-12(19)17-16(18-13(10)25-11(7)15(22)23)24-6-8-2-4-9(5-3-8)14(20)21;1-2/h2-5H,6H2,1H3,(H,20,21)(H,22,23)(H,17,18,19);1-2H3. The van der Waals surface area contributed by atoms with Crippen LogP contribution in [0.3, 0.4) is 0 Å². The third-order valence-electron chi connectivity index (χ3n) is 3.55. The Kier molecular flexibility index (Phi) is 6.75. The Morgan fingerprint density at radius 1 is 1.15 bits per heavy atom. The van der Waals surface area contributed by atoms with E-state index < -0.39 is 11.9 Å². The second-order valence-corrected chi connectivity index (χ2v) is 7.17. The number of aromatic carboxylic acids is 2. The van der Waals surface area contributed by atoms with Gasteiger partial charge in [0.2, 0.25) is 0 Å². The molecule has 0 saturated heterocycles. The van der Waals surface area contributed by atoms with Crippen LogP contribution >= 0.6 is 23.1 Å². The number of hydrogen-bond acceptors (Lipinski definition) is 6. The molecule has 0 aliphatic carbocycles. The molecule has 1 aromatic carbocycles. The fourth-order valence-corrected chi connectivity index (χ4v) is 4.19. The molecule has 0 spiro atoms. The van der Waals surface area contributed by atoms with Gasteiger partial charge in [0, 0.05) is 5.75 Å². The lowest BCUT2D eigenvalue weighted by atomic mass is 10.1. The first kappa shape index (κ1) is 20.7. The third kappa shape index (κ3) is 4.55. The highest BCUT2D eigenvalue weighted by Crippen LogP contribution is 2.28. The molecule has 0 bridgehead atoms. The minimum absolute atomic E-state index is 0.111. The summed E-state index contributed by atoms with van der Waals surface area (Å²) in [5, 5.41) is 18.7. The van der Waals surface area contributed by atoms with Gasteiger partial charge in [-0.2, -0.15) is 0 Å². The van der Waals surface area contributed by atoms with Crippen LogP contribution in [-0.2, 0) is 5.75 Å². The number of thiophene rings is 1. The lowest BCUT2D eigenvalue weighted by Gasteiger charge is -2.02. The number of rotatable bonds is 5. The number of aromatic nitrogens is 2. The minimum Gasteiger partial charge on any atom is -0.478 e. The fourth-order valence-electron chi connectivity index (χ4n) is 2.29. The number of thioether (sulfide) groups is 1. The van der Waals surface area contributed by atoms with Crippen LogP contribution < -0.4 is 5.56 Å². The van der Waals surface area contributed by atoms with Crippen molar-refractivity contribution in [3.8, 4) is 0 Å². The van der Waals surface area contributed by atoms with Crippen LogP contribution in [0.1, 0.15) is 45.0 Å². The van der Waals surface area contributed by atoms with Crippen molar-refractivity contribution in [2.45, 2.75) is 31.7 Å². The highest BCUT2D eigenvalue weighted by molar-refractivity contribution is 7.98. The second kappa shape index (κ2) is 8.83. The Hall–Kier alpha value is -2.65. The number of nitrogens with one attached hydrogen (secondary N) is 1. The maximum absolute atomic E-state index is 12.2. The second-order valence-electron chi connectivity index (χ2n) is 5.20. The molecule has 9 heteroatoms. The predicted octanol–water partition coefficient (Wildman–Crippen LogP) is 4.01. The van der Waals surface area contributed by atoms with Crippen molar-refractivity contribution in [2.24, 2.45) is 0 Å². The minimum atomic E-state index is -1.08. The smallest absolute Gasteiger partial charge is 0.346 e. The van der Waals surface area contributed by atoms with Gasteiger partial charge in [0.15, 0.2) is 5.16 Å². The van der Waals surface area contributed by atoms with E-state index in [1.165, 1.54) is 23.9 Å². The van der Waals surface area contributed by atoms with Crippen LogP contribution in [0.5, 0.6) is 0 Å². The van der Waals surface area contributed by atoms with Crippen LogP contribution in [0.15, 0.2) is 34.2 Å². The molecule has 0 atom stereocenters. The normalized spacial score (nSPS) is 10.3. The largest absolute Gasteiger partial charge is 0.478 e. The molecule has 0 aliphatic rings. The molecule has 0 unspecified atom stereocenters. The molecular formula is C18H18N2O5S2. The molecule has 7 nitrogen and oxygen atoms in total. The summed E-state index contributed by atoms with van der Waals surface area (Å²) in [6.45, 7) is 5.59. The van der Waals surface area contributed by atoms with E-state index in [4.69, 9.17) is 10.2 Å². The summed E-state index contributed by atoms with van der Waals surface area (Å²) in [5.74, 6) is -1.57. The Bertz CT molecular complexity index is 1040. The summed E-state index contributed by atoms with van der Waals surface area (Å²) in [7, 11) is 0. The molecule has 2 aromatic heterocycles. The van der Waals surface area contributed by atoms with Crippen LogP contribution in [0.2, 0.25) is 0 Å². The average molecular weight is 406 g/mol. The summed E-state index contributed by atoms with van der Waals surface area (Å²) in [5.41, 5.74) is 1.14. The van der Waals surface area contributed by atoms with E-state index >= 15 is 0 Å². The molecule has 142 valence electrons. The van der Waals surface area contributed by atoms with Gasteiger partial charge in [-0.25, -0.2) is 14.6 Å². The number of aromatic amines is 1. The quantitative estimate of drug-likeness (QED) is 0.432. The van der Waals surface area contributed by atoms with E-state index in [-0.39, 0.29) is 16.0 Å². The van der Waals surface area contributed by atoms with Crippen LogP contribution in [0, 0.1) is 6.92 Å². The number of carboxylic acid groups (broad SMARTS) is 2. The van der Waals surface area contributed by atoms with Crippen LogP contribution in [0.25, 0.3) is 10.2 Å². The SMILES string of the molecule is CC.Cc1c(C(=O)O)sc2nc(SCc3ccc(C(=O)O)cc3)[nH]c(=O)c12. The van der Waals surface area contributed by atoms with Crippen LogP contribution in [-0.4, -0.2) is 32.1 Å². The number of hydrogen-bond donors (Lipinski definition) is 3. The Morgan fingerprint density at radius 2 is 1.78 bits per heavy atom. The van der Waals surface area contributed by atoms with E-state index in [1.54, 1.807) is 19.1 Å². The molecule has 0 amide bonds. The van der Waals surface area contributed by atoms with Crippen molar-refractivity contribution < 1.29 is 19.8 Å². The monoisotopic (exact) mass is 406 g/mol. The Balaban J connectivity index is 0.00000126. The number of benzene rings is 1. The molecule has 27 heavy (non-hydrogen) atoms. The van der Waals surface area contributed by atoms with E-state index in [9.17, 15) is 14.4 Å². The third-order valence-corrected chi connectivity index (χ3v) is 5.67. The van der Waals surface area contributed by atoms with Crippen molar-refractivity contribution in [3.05, 3.63) is 56.2 Å². The van der Waals surface area contributed by atoms with Gasteiger partial charge in [0.25, 0.3) is 5.56 Å².